The number of carbonyl (C=O) groups excluding carboxylic acids is 1. The lowest BCUT2D eigenvalue weighted by atomic mass is 10.2. The molecule has 0 atom stereocenters. The van der Waals surface area contributed by atoms with Crippen molar-refractivity contribution in [3.8, 4) is 0 Å². The first-order chi connectivity index (χ1) is 7.04. The molecule has 0 unspecified atom stereocenters. The van der Waals surface area contributed by atoms with Gasteiger partial charge >= 0.3 is 5.97 Å². The van der Waals surface area contributed by atoms with Crippen LogP contribution in [0, 0.1) is 3.57 Å². The van der Waals surface area contributed by atoms with Gasteiger partial charge in [-0.15, -0.1) is 0 Å². The second-order valence-corrected chi connectivity index (χ2v) is 3.91. The molecule has 0 saturated carbocycles. The Balaban J connectivity index is 2.92. The number of hydrogen-bond acceptors (Lipinski definition) is 3. The maximum absolute atomic E-state index is 12.5. The van der Waals surface area contributed by atoms with Crippen molar-refractivity contribution in [1.82, 2.24) is 4.98 Å². The molecule has 0 N–H and O–H groups in total. The molecule has 0 aliphatic carbocycles. The summed E-state index contributed by atoms with van der Waals surface area (Å²) in [7, 11) is 1.24. The molecular formula is C9H8F2INO2. The normalized spacial score (nSPS) is 10.5. The van der Waals surface area contributed by atoms with Crippen molar-refractivity contribution in [3.63, 3.8) is 0 Å². The van der Waals surface area contributed by atoms with Gasteiger partial charge in [-0.3, -0.25) is 9.78 Å². The maximum Gasteiger partial charge on any atom is 0.311 e. The Labute approximate surface area is 99.0 Å². The van der Waals surface area contributed by atoms with Crippen molar-refractivity contribution in [2.45, 2.75) is 12.8 Å². The van der Waals surface area contributed by atoms with E-state index in [-0.39, 0.29) is 17.7 Å². The zero-order chi connectivity index (χ0) is 11.4. The van der Waals surface area contributed by atoms with Gasteiger partial charge in [0.2, 0.25) is 0 Å². The zero-order valence-corrected chi connectivity index (χ0v) is 9.99. The molecule has 0 aliphatic heterocycles. The fourth-order valence-electron chi connectivity index (χ4n) is 0.984. The molecule has 0 fully saturated rings. The molecule has 1 aromatic heterocycles. The molecule has 1 heterocycles. The Morgan fingerprint density at radius 3 is 2.87 bits per heavy atom. The molecule has 1 rings (SSSR count). The number of aromatic nitrogens is 1. The van der Waals surface area contributed by atoms with Gasteiger partial charge in [-0.05, 0) is 28.7 Å². The van der Waals surface area contributed by atoms with E-state index in [1.54, 1.807) is 22.6 Å². The van der Waals surface area contributed by atoms with Crippen molar-refractivity contribution in [2.24, 2.45) is 0 Å². The van der Waals surface area contributed by atoms with Gasteiger partial charge in [0.15, 0.2) is 0 Å². The summed E-state index contributed by atoms with van der Waals surface area (Å²) in [5.74, 6) is -0.496. The van der Waals surface area contributed by atoms with E-state index in [2.05, 4.69) is 9.72 Å². The summed E-state index contributed by atoms with van der Waals surface area (Å²) in [5.41, 5.74) is 0.182. The summed E-state index contributed by atoms with van der Waals surface area (Å²) < 4.78 is 29.8. The fraction of sp³-hybridized carbons (Fsp3) is 0.333. The minimum atomic E-state index is -2.56. The zero-order valence-electron chi connectivity index (χ0n) is 7.84. The van der Waals surface area contributed by atoms with E-state index in [1.807, 2.05) is 0 Å². The Morgan fingerprint density at radius 2 is 2.33 bits per heavy atom. The summed E-state index contributed by atoms with van der Waals surface area (Å²) in [6, 6.07) is 1.23. The first-order valence-electron chi connectivity index (χ1n) is 4.04. The molecule has 82 valence electrons. The highest BCUT2D eigenvalue weighted by Gasteiger charge is 2.14. The highest BCUT2D eigenvalue weighted by molar-refractivity contribution is 14.1. The minimum absolute atomic E-state index is 0.0901. The number of methoxy groups -OCH3 is 1. The van der Waals surface area contributed by atoms with Crippen LogP contribution in [0.15, 0.2) is 12.3 Å². The van der Waals surface area contributed by atoms with E-state index < -0.39 is 12.4 Å². The number of nitrogens with zero attached hydrogens (tertiary/aromatic N) is 1. The third-order valence-corrected chi connectivity index (χ3v) is 2.63. The van der Waals surface area contributed by atoms with Crippen LogP contribution in [0.2, 0.25) is 0 Å². The van der Waals surface area contributed by atoms with E-state index in [0.29, 0.717) is 3.57 Å². The predicted molar refractivity (Wildman–Crippen MR) is 57.6 cm³/mol. The quantitative estimate of drug-likeness (QED) is 0.632. The SMILES string of the molecule is COC(=O)Cc1cc(C(F)F)c(I)cn1. The average Bonchev–Trinajstić information content (AvgIpc) is 2.20. The van der Waals surface area contributed by atoms with Crippen LogP contribution in [-0.4, -0.2) is 18.1 Å². The maximum atomic E-state index is 12.5. The van der Waals surface area contributed by atoms with E-state index in [9.17, 15) is 13.6 Å². The lowest BCUT2D eigenvalue weighted by Gasteiger charge is -2.05. The minimum Gasteiger partial charge on any atom is -0.469 e. The number of esters is 1. The van der Waals surface area contributed by atoms with Crippen LogP contribution in [0.1, 0.15) is 17.7 Å². The molecule has 0 radical (unpaired) electrons. The molecular weight excluding hydrogens is 319 g/mol. The summed E-state index contributed by atoms with van der Waals surface area (Å²) in [6.07, 6.45) is -1.33. The number of alkyl halides is 2. The topological polar surface area (TPSA) is 39.2 Å². The summed E-state index contributed by atoms with van der Waals surface area (Å²) in [4.78, 5) is 14.8. The van der Waals surface area contributed by atoms with Gasteiger partial charge < -0.3 is 4.74 Å². The number of pyridine rings is 1. The van der Waals surface area contributed by atoms with Gasteiger partial charge in [-0.1, -0.05) is 0 Å². The van der Waals surface area contributed by atoms with Gasteiger partial charge in [-0.2, -0.15) is 0 Å². The molecule has 3 nitrogen and oxygen atoms in total. The standard InChI is InChI=1S/C9H8F2INO2/c1-15-8(14)3-5-2-6(9(10)11)7(12)4-13-5/h2,4,9H,3H2,1H3. The molecule has 0 amide bonds. The van der Waals surface area contributed by atoms with Crippen molar-refractivity contribution in [1.29, 1.82) is 0 Å². The third kappa shape index (κ3) is 3.37. The highest BCUT2D eigenvalue weighted by Crippen LogP contribution is 2.24. The predicted octanol–water partition coefficient (Wildman–Crippen LogP) is 2.34. The molecule has 0 aromatic carbocycles. The van der Waals surface area contributed by atoms with Crippen LogP contribution in [0.5, 0.6) is 0 Å². The Hall–Kier alpha value is -0.790. The third-order valence-electron chi connectivity index (χ3n) is 1.73. The van der Waals surface area contributed by atoms with Crippen LogP contribution >= 0.6 is 22.6 Å². The van der Waals surface area contributed by atoms with Gasteiger partial charge in [0.1, 0.15) is 0 Å². The summed E-state index contributed by atoms with van der Waals surface area (Å²) in [6.45, 7) is 0. The monoisotopic (exact) mass is 327 g/mol. The van der Waals surface area contributed by atoms with Crippen LogP contribution < -0.4 is 0 Å². The van der Waals surface area contributed by atoms with Gasteiger partial charge in [-0.25, -0.2) is 8.78 Å². The second kappa shape index (κ2) is 5.34. The summed E-state index contributed by atoms with van der Waals surface area (Å²) in [5, 5.41) is 0. The molecule has 0 bridgehead atoms. The largest absolute Gasteiger partial charge is 0.469 e. The van der Waals surface area contributed by atoms with Gasteiger partial charge in [0, 0.05) is 15.3 Å². The first kappa shape index (κ1) is 12.3. The van der Waals surface area contributed by atoms with E-state index in [0.717, 1.165) is 0 Å². The van der Waals surface area contributed by atoms with Gasteiger partial charge in [0.25, 0.3) is 6.43 Å². The highest BCUT2D eigenvalue weighted by atomic mass is 127. The van der Waals surface area contributed by atoms with Crippen LogP contribution in [0.3, 0.4) is 0 Å². The Morgan fingerprint density at radius 1 is 1.67 bits per heavy atom. The number of carbonyl (C=O) groups is 1. The first-order valence-corrected chi connectivity index (χ1v) is 5.11. The van der Waals surface area contributed by atoms with Crippen molar-refractivity contribution in [3.05, 3.63) is 27.1 Å². The van der Waals surface area contributed by atoms with Crippen LogP contribution in [0.25, 0.3) is 0 Å². The molecule has 1 aromatic rings. The Kier molecular flexibility index (Phi) is 4.37. The smallest absolute Gasteiger partial charge is 0.311 e. The van der Waals surface area contributed by atoms with Gasteiger partial charge in [0.05, 0.1) is 19.2 Å². The average molecular weight is 327 g/mol. The molecule has 0 aliphatic rings. The summed E-state index contributed by atoms with van der Waals surface area (Å²) >= 11 is 1.78. The van der Waals surface area contributed by atoms with Crippen molar-refractivity contribution in [2.75, 3.05) is 7.11 Å². The Bertz CT molecular complexity index is 371. The fourth-order valence-corrected chi connectivity index (χ4v) is 1.51. The molecule has 15 heavy (non-hydrogen) atoms. The number of hydrogen-bond donors (Lipinski definition) is 0. The van der Waals surface area contributed by atoms with Crippen LogP contribution in [-0.2, 0) is 16.0 Å². The van der Waals surface area contributed by atoms with Crippen LogP contribution in [0.4, 0.5) is 8.78 Å². The molecule has 6 heteroatoms. The lowest BCUT2D eigenvalue weighted by Crippen LogP contribution is -2.07. The molecule has 0 spiro atoms. The number of halogens is 3. The van der Waals surface area contributed by atoms with E-state index in [4.69, 9.17) is 0 Å². The number of rotatable bonds is 3. The van der Waals surface area contributed by atoms with Crippen molar-refractivity contribution < 1.29 is 18.3 Å². The lowest BCUT2D eigenvalue weighted by molar-refractivity contribution is -0.139. The van der Waals surface area contributed by atoms with Crippen molar-refractivity contribution >= 4 is 28.6 Å². The molecule has 0 saturated heterocycles. The number of ether oxygens (including phenoxy) is 1. The second-order valence-electron chi connectivity index (χ2n) is 2.75. The van der Waals surface area contributed by atoms with E-state index >= 15 is 0 Å². The van der Waals surface area contributed by atoms with E-state index in [1.165, 1.54) is 19.4 Å².